The largest absolute Gasteiger partial charge is 0.375 e. The molecule has 1 rings (SSSR count). The van der Waals surface area contributed by atoms with Crippen LogP contribution in [-0.4, -0.2) is 18.0 Å². The molecule has 1 fully saturated rings. The Hall–Kier alpha value is -0.460. The summed E-state index contributed by atoms with van der Waals surface area (Å²) in [5, 5.41) is 0. The topological polar surface area (TPSA) is 3.24 Å². The molecule has 0 aromatic carbocycles. The molecule has 1 aliphatic carbocycles. The highest BCUT2D eigenvalue weighted by atomic mass is 15.1. The molecule has 0 aromatic heterocycles. The van der Waals surface area contributed by atoms with Gasteiger partial charge in [-0.05, 0) is 56.3 Å². The van der Waals surface area contributed by atoms with Gasteiger partial charge in [-0.2, -0.15) is 0 Å². The van der Waals surface area contributed by atoms with Gasteiger partial charge in [0, 0.05) is 18.8 Å². The van der Waals surface area contributed by atoms with Crippen molar-refractivity contribution >= 4 is 0 Å². The first-order valence-electron chi connectivity index (χ1n) is 8.74. The van der Waals surface area contributed by atoms with E-state index in [1.165, 1.54) is 63.5 Å². The van der Waals surface area contributed by atoms with E-state index in [1.54, 1.807) is 0 Å². The highest BCUT2D eigenvalue weighted by Gasteiger charge is 2.27. The highest BCUT2D eigenvalue weighted by Crippen LogP contribution is 2.36. The fraction of sp³-hybridized carbons (Fsp3) is 0.895. The Morgan fingerprint density at radius 3 is 2.20 bits per heavy atom. The van der Waals surface area contributed by atoms with Crippen LogP contribution >= 0.6 is 0 Å². The number of nitrogens with zero attached hydrogens (tertiary/aromatic N) is 1. The molecular formula is C19H37N. The summed E-state index contributed by atoms with van der Waals surface area (Å²) in [7, 11) is 2.27. The summed E-state index contributed by atoms with van der Waals surface area (Å²) in [6, 6.07) is 0.750. The number of rotatable bonds is 7. The van der Waals surface area contributed by atoms with Gasteiger partial charge >= 0.3 is 0 Å². The van der Waals surface area contributed by atoms with Gasteiger partial charge in [0.25, 0.3) is 0 Å². The standard InChI is InChI=1S/C19H37N/c1-7-8-9-10-16(2)20(6)18-13-11-17(12-14-18)15-19(3,4)5/h17-18H,2,7-15H2,1,3-6H3. The Kier molecular flexibility index (Phi) is 7.12. The molecule has 0 saturated heterocycles. The van der Waals surface area contributed by atoms with Crippen LogP contribution in [0, 0.1) is 11.3 Å². The molecule has 20 heavy (non-hydrogen) atoms. The van der Waals surface area contributed by atoms with E-state index < -0.39 is 0 Å². The van der Waals surface area contributed by atoms with Gasteiger partial charge in [-0.1, -0.05) is 47.1 Å². The van der Waals surface area contributed by atoms with Crippen LogP contribution in [0.4, 0.5) is 0 Å². The lowest BCUT2D eigenvalue weighted by Crippen LogP contribution is -2.35. The molecule has 0 amide bonds. The van der Waals surface area contributed by atoms with Crippen molar-refractivity contribution in [1.29, 1.82) is 0 Å². The quantitative estimate of drug-likeness (QED) is 0.516. The summed E-state index contributed by atoms with van der Waals surface area (Å²) < 4.78 is 0. The molecule has 0 spiro atoms. The first-order valence-corrected chi connectivity index (χ1v) is 8.74. The first-order chi connectivity index (χ1) is 9.33. The van der Waals surface area contributed by atoms with Crippen LogP contribution in [0.15, 0.2) is 12.3 Å². The highest BCUT2D eigenvalue weighted by molar-refractivity contribution is 4.96. The van der Waals surface area contributed by atoms with Crippen molar-refractivity contribution in [1.82, 2.24) is 4.90 Å². The van der Waals surface area contributed by atoms with E-state index in [4.69, 9.17) is 0 Å². The molecule has 0 atom stereocenters. The van der Waals surface area contributed by atoms with Crippen LogP contribution < -0.4 is 0 Å². The number of hydrogen-bond donors (Lipinski definition) is 0. The van der Waals surface area contributed by atoms with Crippen molar-refractivity contribution < 1.29 is 0 Å². The molecule has 0 bridgehead atoms. The average Bonchev–Trinajstić information content (AvgIpc) is 2.37. The molecule has 0 aliphatic heterocycles. The lowest BCUT2D eigenvalue weighted by Gasteiger charge is -2.38. The molecule has 1 heteroatoms. The molecule has 1 aliphatic rings. The van der Waals surface area contributed by atoms with Crippen LogP contribution in [0.1, 0.15) is 85.5 Å². The van der Waals surface area contributed by atoms with E-state index in [0.29, 0.717) is 5.41 Å². The van der Waals surface area contributed by atoms with Crippen LogP contribution in [-0.2, 0) is 0 Å². The third kappa shape index (κ3) is 6.33. The molecule has 0 heterocycles. The van der Waals surface area contributed by atoms with E-state index in [9.17, 15) is 0 Å². The zero-order valence-corrected chi connectivity index (χ0v) is 14.7. The van der Waals surface area contributed by atoms with Crippen LogP contribution in [0.25, 0.3) is 0 Å². The Morgan fingerprint density at radius 1 is 1.10 bits per heavy atom. The van der Waals surface area contributed by atoms with E-state index in [1.807, 2.05) is 0 Å². The first kappa shape index (κ1) is 17.6. The summed E-state index contributed by atoms with van der Waals surface area (Å²) >= 11 is 0. The molecule has 1 saturated carbocycles. The third-order valence-corrected chi connectivity index (χ3v) is 4.83. The average molecular weight is 280 g/mol. The summed E-state index contributed by atoms with van der Waals surface area (Å²) in [5.41, 5.74) is 1.85. The number of allylic oxidation sites excluding steroid dienone is 1. The normalized spacial score (nSPS) is 23.6. The predicted octanol–water partition coefficient (Wildman–Crippen LogP) is 6.01. The van der Waals surface area contributed by atoms with Crippen molar-refractivity contribution in [3.05, 3.63) is 12.3 Å². The minimum Gasteiger partial charge on any atom is -0.375 e. The van der Waals surface area contributed by atoms with Gasteiger partial charge in [0.1, 0.15) is 0 Å². The Labute approximate surface area is 127 Å². The van der Waals surface area contributed by atoms with Gasteiger partial charge in [-0.25, -0.2) is 0 Å². The van der Waals surface area contributed by atoms with Crippen molar-refractivity contribution in [2.75, 3.05) is 7.05 Å². The maximum Gasteiger partial charge on any atom is 0.0283 e. The second-order valence-corrected chi connectivity index (χ2v) is 8.07. The van der Waals surface area contributed by atoms with E-state index in [0.717, 1.165) is 12.0 Å². The SMILES string of the molecule is C=C(CCCCC)N(C)C1CCC(CC(C)(C)C)CC1. The lowest BCUT2D eigenvalue weighted by atomic mass is 9.76. The number of hydrogen-bond acceptors (Lipinski definition) is 1. The maximum atomic E-state index is 4.31. The monoisotopic (exact) mass is 279 g/mol. The fourth-order valence-electron chi connectivity index (χ4n) is 3.62. The summed E-state index contributed by atoms with van der Waals surface area (Å²) in [6.07, 6.45) is 12.1. The molecule has 0 unspecified atom stereocenters. The molecule has 0 aromatic rings. The summed E-state index contributed by atoms with van der Waals surface area (Å²) in [6.45, 7) is 13.7. The van der Waals surface area contributed by atoms with Gasteiger partial charge in [0.05, 0.1) is 0 Å². The van der Waals surface area contributed by atoms with Crippen LogP contribution in [0.3, 0.4) is 0 Å². The molecule has 0 N–H and O–H groups in total. The maximum absolute atomic E-state index is 4.31. The molecular weight excluding hydrogens is 242 g/mol. The van der Waals surface area contributed by atoms with E-state index in [2.05, 4.69) is 46.2 Å². The minimum absolute atomic E-state index is 0.493. The Balaban J connectivity index is 2.31. The Morgan fingerprint density at radius 2 is 1.70 bits per heavy atom. The van der Waals surface area contributed by atoms with Crippen LogP contribution in [0.5, 0.6) is 0 Å². The predicted molar refractivity (Wildman–Crippen MR) is 90.9 cm³/mol. The third-order valence-electron chi connectivity index (χ3n) is 4.83. The molecule has 1 nitrogen and oxygen atoms in total. The van der Waals surface area contributed by atoms with E-state index >= 15 is 0 Å². The van der Waals surface area contributed by atoms with Crippen molar-refractivity contribution in [2.24, 2.45) is 11.3 Å². The zero-order chi connectivity index (χ0) is 15.2. The molecule has 118 valence electrons. The van der Waals surface area contributed by atoms with Gasteiger partial charge < -0.3 is 4.90 Å². The van der Waals surface area contributed by atoms with Gasteiger partial charge in [-0.3, -0.25) is 0 Å². The Bertz CT molecular complexity index is 279. The van der Waals surface area contributed by atoms with Gasteiger partial charge in [-0.15, -0.1) is 0 Å². The minimum atomic E-state index is 0.493. The van der Waals surface area contributed by atoms with Gasteiger partial charge in [0.15, 0.2) is 0 Å². The number of unbranched alkanes of at least 4 members (excludes halogenated alkanes) is 2. The fourth-order valence-corrected chi connectivity index (χ4v) is 3.62. The smallest absolute Gasteiger partial charge is 0.0283 e. The van der Waals surface area contributed by atoms with Crippen molar-refractivity contribution in [3.63, 3.8) is 0 Å². The lowest BCUT2D eigenvalue weighted by molar-refractivity contribution is 0.164. The zero-order valence-electron chi connectivity index (χ0n) is 14.7. The second-order valence-electron chi connectivity index (χ2n) is 8.07. The molecule has 0 radical (unpaired) electrons. The van der Waals surface area contributed by atoms with Gasteiger partial charge in [0.2, 0.25) is 0 Å². The van der Waals surface area contributed by atoms with E-state index in [-0.39, 0.29) is 0 Å². The van der Waals surface area contributed by atoms with Crippen LogP contribution in [0.2, 0.25) is 0 Å². The summed E-state index contributed by atoms with van der Waals surface area (Å²) in [4.78, 5) is 2.49. The van der Waals surface area contributed by atoms with Crippen molar-refractivity contribution in [3.8, 4) is 0 Å². The second kappa shape index (κ2) is 8.10. The van der Waals surface area contributed by atoms with Crippen molar-refractivity contribution in [2.45, 2.75) is 91.5 Å². The summed E-state index contributed by atoms with van der Waals surface area (Å²) in [5.74, 6) is 0.952.